The van der Waals surface area contributed by atoms with Crippen molar-refractivity contribution in [2.45, 2.75) is 65.1 Å². The third-order valence-electron chi connectivity index (χ3n) is 4.62. The Morgan fingerprint density at radius 2 is 1.63 bits per heavy atom. The van der Waals surface area contributed by atoms with Crippen molar-refractivity contribution < 1.29 is 19.0 Å². The average Bonchev–Trinajstić information content (AvgIpc) is 2.67. The van der Waals surface area contributed by atoms with Gasteiger partial charge in [0.1, 0.15) is 5.75 Å². The van der Waals surface area contributed by atoms with E-state index in [1.807, 2.05) is 52.0 Å². The van der Waals surface area contributed by atoms with Gasteiger partial charge in [0.05, 0.1) is 25.2 Å². The van der Waals surface area contributed by atoms with E-state index in [2.05, 4.69) is 28.1 Å². The molecule has 1 unspecified atom stereocenters. The lowest BCUT2D eigenvalue weighted by atomic mass is 9.91. The number of methoxy groups -OCH3 is 1. The van der Waals surface area contributed by atoms with Crippen LogP contribution >= 0.6 is 15.9 Å². The number of carbonyl (C=O) groups is 1. The zero-order valence-corrected chi connectivity index (χ0v) is 20.0. The number of nitrogens with two attached hydrogens (primary N) is 1. The monoisotopic (exact) mass is 477 g/mol. The Labute approximate surface area is 188 Å². The Kier molecular flexibility index (Phi) is 9.03. The zero-order valence-electron chi connectivity index (χ0n) is 18.4. The van der Waals surface area contributed by atoms with Gasteiger partial charge in [-0.1, -0.05) is 28.1 Å². The first-order valence-corrected chi connectivity index (χ1v) is 11.1. The van der Waals surface area contributed by atoms with E-state index in [1.54, 1.807) is 7.11 Å². The lowest BCUT2D eigenvalue weighted by molar-refractivity contribution is -0.119. The van der Waals surface area contributed by atoms with Crippen LogP contribution in [0.2, 0.25) is 0 Å². The summed E-state index contributed by atoms with van der Waals surface area (Å²) in [7, 11) is 1.59. The summed E-state index contributed by atoms with van der Waals surface area (Å²) in [6, 6.07) is 11.8. The minimum atomic E-state index is -0.414. The van der Waals surface area contributed by atoms with Crippen LogP contribution in [0.5, 0.6) is 17.2 Å². The molecule has 0 spiro atoms. The van der Waals surface area contributed by atoms with E-state index in [0.29, 0.717) is 17.9 Å². The molecule has 164 valence electrons. The summed E-state index contributed by atoms with van der Waals surface area (Å²) in [5.41, 5.74) is 7.78. The van der Waals surface area contributed by atoms with Crippen molar-refractivity contribution in [2.24, 2.45) is 5.73 Å². The number of rotatable bonds is 11. The molecule has 0 aromatic heterocycles. The topological polar surface area (TPSA) is 70.8 Å². The fourth-order valence-electron chi connectivity index (χ4n) is 3.29. The molecule has 0 bridgehead atoms. The molecule has 0 aliphatic heterocycles. The molecule has 0 saturated heterocycles. The molecule has 1 atom stereocenters. The van der Waals surface area contributed by atoms with Gasteiger partial charge >= 0.3 is 0 Å². The second-order valence-corrected chi connectivity index (χ2v) is 8.70. The van der Waals surface area contributed by atoms with Crippen molar-refractivity contribution in [3.8, 4) is 17.2 Å². The highest BCUT2D eigenvalue weighted by Crippen LogP contribution is 2.38. The van der Waals surface area contributed by atoms with E-state index in [9.17, 15) is 4.79 Å². The molecule has 0 heterocycles. The molecule has 6 heteroatoms. The minimum absolute atomic E-state index is 0.0115. The van der Waals surface area contributed by atoms with E-state index >= 15 is 0 Å². The standard InChI is InChI=1S/C24H32BrNO4/c1-15(2)29-18-11-9-17(10-12-18)7-6-8-19(24(26)27)20-13-23(30-16(3)4)22(28-5)14-21(20)25/h9-16,19H,6-8H2,1-5H3,(H2,26,27). The van der Waals surface area contributed by atoms with Gasteiger partial charge in [0, 0.05) is 4.47 Å². The number of aryl methyl sites for hydroxylation is 1. The van der Waals surface area contributed by atoms with Crippen LogP contribution in [0.4, 0.5) is 0 Å². The maximum atomic E-state index is 12.2. The molecule has 0 saturated carbocycles. The van der Waals surface area contributed by atoms with Crippen molar-refractivity contribution in [3.63, 3.8) is 0 Å². The molecule has 1 amide bonds. The quantitative estimate of drug-likeness (QED) is 0.455. The number of ether oxygens (including phenoxy) is 3. The van der Waals surface area contributed by atoms with E-state index in [1.165, 1.54) is 5.56 Å². The van der Waals surface area contributed by atoms with Crippen LogP contribution in [0.3, 0.4) is 0 Å². The molecule has 30 heavy (non-hydrogen) atoms. The first-order valence-electron chi connectivity index (χ1n) is 10.3. The van der Waals surface area contributed by atoms with Gasteiger partial charge in [-0.2, -0.15) is 0 Å². The van der Waals surface area contributed by atoms with Crippen LogP contribution in [0.1, 0.15) is 57.6 Å². The van der Waals surface area contributed by atoms with Gasteiger partial charge in [-0.05, 0) is 82.3 Å². The third kappa shape index (κ3) is 6.94. The number of benzene rings is 2. The summed E-state index contributed by atoms with van der Waals surface area (Å²) in [6.45, 7) is 7.91. The van der Waals surface area contributed by atoms with Crippen LogP contribution in [-0.2, 0) is 11.2 Å². The molecule has 0 aliphatic carbocycles. The van der Waals surface area contributed by atoms with Crippen LogP contribution in [0.15, 0.2) is 40.9 Å². The highest BCUT2D eigenvalue weighted by atomic mass is 79.9. The Morgan fingerprint density at radius 3 is 2.17 bits per heavy atom. The Hall–Kier alpha value is -2.21. The molecule has 2 aromatic carbocycles. The summed E-state index contributed by atoms with van der Waals surface area (Å²) in [5.74, 6) is 1.33. The molecule has 2 N–H and O–H groups in total. The molecular formula is C24H32BrNO4. The maximum Gasteiger partial charge on any atom is 0.225 e. The lowest BCUT2D eigenvalue weighted by Crippen LogP contribution is -2.22. The van der Waals surface area contributed by atoms with Crippen LogP contribution in [0.25, 0.3) is 0 Å². The fourth-order valence-corrected chi connectivity index (χ4v) is 3.89. The maximum absolute atomic E-state index is 12.2. The smallest absolute Gasteiger partial charge is 0.225 e. The van der Waals surface area contributed by atoms with E-state index < -0.39 is 5.92 Å². The summed E-state index contributed by atoms with van der Waals surface area (Å²) in [4.78, 5) is 12.2. The lowest BCUT2D eigenvalue weighted by Gasteiger charge is -2.20. The van der Waals surface area contributed by atoms with E-state index in [0.717, 1.165) is 28.6 Å². The minimum Gasteiger partial charge on any atom is -0.493 e. The first kappa shape index (κ1) is 24.1. The van der Waals surface area contributed by atoms with Crippen LogP contribution in [0, 0.1) is 0 Å². The molecule has 0 fully saturated rings. The van der Waals surface area contributed by atoms with Crippen molar-refractivity contribution in [1.82, 2.24) is 0 Å². The predicted molar refractivity (Wildman–Crippen MR) is 124 cm³/mol. The zero-order chi connectivity index (χ0) is 22.3. The number of carbonyl (C=O) groups excluding carboxylic acids is 1. The van der Waals surface area contributed by atoms with Gasteiger partial charge in [-0.3, -0.25) is 4.79 Å². The van der Waals surface area contributed by atoms with Crippen molar-refractivity contribution in [2.75, 3.05) is 7.11 Å². The van der Waals surface area contributed by atoms with Gasteiger partial charge < -0.3 is 19.9 Å². The molecule has 2 aromatic rings. The van der Waals surface area contributed by atoms with Crippen molar-refractivity contribution in [3.05, 3.63) is 52.0 Å². The summed E-state index contributed by atoms with van der Waals surface area (Å²) >= 11 is 3.56. The predicted octanol–water partition coefficient (Wildman–Crippen LogP) is 5.62. The molecule has 2 rings (SSSR count). The number of halogens is 1. The highest BCUT2D eigenvalue weighted by Gasteiger charge is 2.23. The van der Waals surface area contributed by atoms with Crippen LogP contribution < -0.4 is 19.9 Å². The average molecular weight is 478 g/mol. The second kappa shape index (κ2) is 11.3. The van der Waals surface area contributed by atoms with Gasteiger partial charge in [0.25, 0.3) is 0 Å². The number of hydrogen-bond acceptors (Lipinski definition) is 4. The van der Waals surface area contributed by atoms with Gasteiger partial charge in [-0.25, -0.2) is 0 Å². The summed E-state index contributed by atoms with van der Waals surface area (Å²) < 4.78 is 17.7. The summed E-state index contributed by atoms with van der Waals surface area (Å²) in [5, 5.41) is 0. The second-order valence-electron chi connectivity index (χ2n) is 7.85. The van der Waals surface area contributed by atoms with Gasteiger partial charge in [0.15, 0.2) is 11.5 Å². The third-order valence-corrected chi connectivity index (χ3v) is 5.30. The first-order chi connectivity index (χ1) is 14.2. The van der Waals surface area contributed by atoms with Gasteiger partial charge in [-0.15, -0.1) is 0 Å². The SMILES string of the molecule is COc1cc(Br)c(C(CCCc2ccc(OC(C)C)cc2)C(N)=O)cc1OC(C)C. The van der Waals surface area contributed by atoms with E-state index in [4.69, 9.17) is 19.9 Å². The molecular weight excluding hydrogens is 446 g/mol. The Morgan fingerprint density at radius 1 is 1.00 bits per heavy atom. The van der Waals surface area contributed by atoms with Crippen LogP contribution in [-0.4, -0.2) is 25.2 Å². The summed E-state index contributed by atoms with van der Waals surface area (Å²) in [6.07, 6.45) is 2.47. The number of amides is 1. The normalized spacial score (nSPS) is 12.1. The molecule has 0 aliphatic rings. The fraction of sp³-hybridized carbons (Fsp3) is 0.458. The van der Waals surface area contributed by atoms with Gasteiger partial charge in [0.2, 0.25) is 5.91 Å². The van der Waals surface area contributed by atoms with Crippen molar-refractivity contribution in [1.29, 1.82) is 0 Å². The Balaban J connectivity index is 2.11. The van der Waals surface area contributed by atoms with E-state index in [-0.39, 0.29) is 18.1 Å². The highest BCUT2D eigenvalue weighted by molar-refractivity contribution is 9.10. The number of hydrogen-bond donors (Lipinski definition) is 1. The number of primary amides is 1. The van der Waals surface area contributed by atoms with Crippen molar-refractivity contribution >= 4 is 21.8 Å². The Bertz CT molecular complexity index is 834. The largest absolute Gasteiger partial charge is 0.493 e. The molecule has 5 nitrogen and oxygen atoms in total. The molecule has 0 radical (unpaired) electrons.